The zero-order valence-corrected chi connectivity index (χ0v) is 13.1. The van der Waals surface area contributed by atoms with Gasteiger partial charge in [-0.1, -0.05) is 41.9 Å². The molecular weight excluding hydrogens is 318 g/mol. The molecule has 1 aromatic heterocycles. The second kappa shape index (κ2) is 6.42. The molecule has 0 spiro atoms. The summed E-state index contributed by atoms with van der Waals surface area (Å²) in [5.74, 6) is -0.998. The summed E-state index contributed by atoms with van der Waals surface area (Å²) in [6.07, 6.45) is 3.05. The van der Waals surface area contributed by atoms with Crippen molar-refractivity contribution in [1.29, 1.82) is 0 Å². The van der Waals surface area contributed by atoms with Crippen LogP contribution in [0.25, 0.3) is 11.3 Å². The highest BCUT2D eigenvalue weighted by Gasteiger charge is 2.23. The Kier molecular flexibility index (Phi) is 4.34. The third-order valence-electron chi connectivity index (χ3n) is 3.91. The van der Waals surface area contributed by atoms with Crippen LogP contribution in [-0.2, 0) is 11.3 Å². The Morgan fingerprint density at radius 2 is 2.04 bits per heavy atom. The minimum absolute atomic E-state index is 0.110. The summed E-state index contributed by atoms with van der Waals surface area (Å²) in [6, 6.07) is 9.15. The molecule has 2 N–H and O–H groups in total. The molecule has 1 aliphatic rings. The minimum Gasteiger partial charge on any atom is -0.480 e. The van der Waals surface area contributed by atoms with Crippen molar-refractivity contribution in [3.8, 4) is 11.3 Å². The fraction of sp³-hybridized carbons (Fsp3) is 0.312. The van der Waals surface area contributed by atoms with E-state index in [1.807, 2.05) is 6.07 Å². The monoisotopic (exact) mass is 333 g/mol. The summed E-state index contributed by atoms with van der Waals surface area (Å²) >= 11 is 6.27. The third kappa shape index (κ3) is 3.22. The Balaban J connectivity index is 2.12. The Hall–Kier alpha value is -2.34. The van der Waals surface area contributed by atoms with Gasteiger partial charge in [0.15, 0.2) is 11.0 Å². The molecule has 0 amide bonds. The smallest absolute Gasteiger partial charge is 0.323 e. The van der Waals surface area contributed by atoms with Gasteiger partial charge in [0, 0.05) is 11.6 Å². The van der Waals surface area contributed by atoms with Crippen molar-refractivity contribution in [1.82, 2.24) is 9.55 Å². The van der Waals surface area contributed by atoms with Crippen molar-refractivity contribution < 1.29 is 9.90 Å². The van der Waals surface area contributed by atoms with Gasteiger partial charge in [-0.2, -0.15) is 0 Å². The highest BCUT2D eigenvalue weighted by Crippen LogP contribution is 2.27. The molecule has 23 heavy (non-hydrogen) atoms. The van der Waals surface area contributed by atoms with Crippen LogP contribution in [0.1, 0.15) is 19.3 Å². The highest BCUT2D eigenvalue weighted by molar-refractivity contribution is 6.32. The molecule has 1 saturated carbocycles. The summed E-state index contributed by atoms with van der Waals surface area (Å²) in [5.41, 5.74) is 0.500. The first-order valence-electron chi connectivity index (χ1n) is 7.40. The fourth-order valence-electron chi connectivity index (χ4n) is 2.54. The van der Waals surface area contributed by atoms with E-state index in [9.17, 15) is 9.59 Å². The molecule has 0 saturated heterocycles. The van der Waals surface area contributed by atoms with Crippen LogP contribution in [0.15, 0.2) is 35.1 Å². The Bertz CT molecular complexity index is 785. The minimum atomic E-state index is -1.11. The van der Waals surface area contributed by atoms with Gasteiger partial charge in [0.2, 0.25) is 0 Å². The maximum absolute atomic E-state index is 12.6. The second-order valence-electron chi connectivity index (χ2n) is 5.52. The lowest BCUT2D eigenvalue weighted by molar-refractivity contribution is -0.137. The lowest BCUT2D eigenvalue weighted by Crippen LogP contribution is -2.35. The van der Waals surface area contributed by atoms with Gasteiger partial charge in [-0.25, -0.2) is 4.98 Å². The van der Waals surface area contributed by atoms with E-state index in [0.717, 1.165) is 23.8 Å². The number of carboxylic acid groups (broad SMARTS) is 1. The molecule has 1 fully saturated rings. The van der Waals surface area contributed by atoms with Crippen molar-refractivity contribution in [3.05, 3.63) is 45.8 Å². The summed E-state index contributed by atoms with van der Waals surface area (Å²) in [5, 5.41) is 12.3. The Morgan fingerprint density at radius 1 is 1.35 bits per heavy atom. The summed E-state index contributed by atoms with van der Waals surface area (Å²) < 4.78 is 1.16. The van der Waals surface area contributed by atoms with Gasteiger partial charge in [0.25, 0.3) is 5.56 Å². The number of nitrogens with one attached hydrogen (secondary N) is 1. The highest BCUT2D eigenvalue weighted by atomic mass is 35.5. The van der Waals surface area contributed by atoms with Crippen molar-refractivity contribution >= 4 is 23.4 Å². The van der Waals surface area contributed by atoms with Crippen molar-refractivity contribution in [2.24, 2.45) is 0 Å². The molecular formula is C16H16ClN3O3. The van der Waals surface area contributed by atoms with Crippen LogP contribution >= 0.6 is 11.6 Å². The van der Waals surface area contributed by atoms with Crippen LogP contribution in [0, 0.1) is 0 Å². The molecule has 0 radical (unpaired) electrons. The number of halogens is 1. The van der Waals surface area contributed by atoms with Gasteiger partial charge < -0.3 is 10.4 Å². The van der Waals surface area contributed by atoms with E-state index in [2.05, 4.69) is 10.3 Å². The third-order valence-corrected chi connectivity index (χ3v) is 4.17. The van der Waals surface area contributed by atoms with Gasteiger partial charge >= 0.3 is 5.97 Å². The number of carbonyl (C=O) groups is 1. The predicted octanol–water partition coefficient (Wildman–Crippen LogP) is 2.61. The van der Waals surface area contributed by atoms with Gasteiger partial charge in [0.05, 0.1) is 5.69 Å². The largest absolute Gasteiger partial charge is 0.480 e. The average Bonchev–Trinajstić information content (AvgIpc) is 2.48. The summed E-state index contributed by atoms with van der Waals surface area (Å²) in [7, 11) is 0. The van der Waals surface area contributed by atoms with E-state index in [1.54, 1.807) is 24.3 Å². The lowest BCUT2D eigenvalue weighted by Gasteiger charge is -2.27. The van der Waals surface area contributed by atoms with Gasteiger partial charge in [0.1, 0.15) is 6.54 Å². The number of carboxylic acids is 1. The molecule has 1 heterocycles. The number of aromatic nitrogens is 2. The number of rotatable bonds is 5. The quantitative estimate of drug-likeness (QED) is 0.878. The normalized spacial score (nSPS) is 14.3. The van der Waals surface area contributed by atoms with Crippen molar-refractivity contribution in [3.63, 3.8) is 0 Å². The van der Waals surface area contributed by atoms with E-state index in [1.165, 1.54) is 0 Å². The zero-order chi connectivity index (χ0) is 16.4. The predicted molar refractivity (Wildman–Crippen MR) is 87.8 cm³/mol. The molecule has 2 aromatic rings. The number of benzene rings is 1. The molecule has 0 bridgehead atoms. The van der Waals surface area contributed by atoms with Crippen LogP contribution in [0.3, 0.4) is 0 Å². The first kappa shape index (κ1) is 15.6. The molecule has 0 atom stereocenters. The lowest BCUT2D eigenvalue weighted by atomic mass is 9.93. The van der Waals surface area contributed by atoms with Gasteiger partial charge in [-0.3, -0.25) is 14.2 Å². The fourth-order valence-corrected chi connectivity index (χ4v) is 2.83. The number of anilines is 1. The number of nitrogens with zero attached hydrogens (tertiary/aromatic N) is 2. The Labute approximate surface area is 137 Å². The molecule has 3 rings (SSSR count). The molecule has 0 aliphatic heterocycles. The van der Waals surface area contributed by atoms with Crippen molar-refractivity contribution in [2.45, 2.75) is 31.8 Å². The van der Waals surface area contributed by atoms with Crippen LogP contribution in [0.4, 0.5) is 5.82 Å². The second-order valence-corrected chi connectivity index (χ2v) is 5.88. The zero-order valence-electron chi connectivity index (χ0n) is 12.3. The molecule has 120 valence electrons. The van der Waals surface area contributed by atoms with Crippen LogP contribution < -0.4 is 10.9 Å². The maximum atomic E-state index is 12.6. The number of hydrogen-bond acceptors (Lipinski definition) is 4. The maximum Gasteiger partial charge on any atom is 0.323 e. The number of hydrogen-bond donors (Lipinski definition) is 2. The van der Waals surface area contributed by atoms with Crippen LogP contribution in [0.5, 0.6) is 0 Å². The Morgan fingerprint density at radius 3 is 2.61 bits per heavy atom. The van der Waals surface area contributed by atoms with E-state index in [-0.39, 0.29) is 17.0 Å². The van der Waals surface area contributed by atoms with E-state index in [4.69, 9.17) is 16.7 Å². The number of aliphatic carboxylic acids is 1. The molecule has 7 heteroatoms. The molecule has 1 aliphatic carbocycles. The average molecular weight is 334 g/mol. The van der Waals surface area contributed by atoms with Gasteiger partial charge in [-0.15, -0.1) is 0 Å². The van der Waals surface area contributed by atoms with E-state index < -0.39 is 18.1 Å². The summed E-state index contributed by atoms with van der Waals surface area (Å²) in [4.78, 5) is 28.0. The summed E-state index contributed by atoms with van der Waals surface area (Å²) in [6.45, 7) is -0.468. The SMILES string of the molecule is O=C(O)Cn1c(-c2ccccc2)c(Cl)nc(NC2CCC2)c1=O. The standard InChI is InChI=1S/C16H16ClN3O3/c17-14-13(10-5-2-1-3-6-10)20(9-12(21)22)16(23)15(19-14)18-11-7-4-8-11/h1-3,5-6,11H,4,7-9H2,(H,18,19)(H,21,22). The van der Waals surface area contributed by atoms with Crippen molar-refractivity contribution in [2.75, 3.05) is 5.32 Å². The topological polar surface area (TPSA) is 84.2 Å². The first-order chi connectivity index (χ1) is 11.1. The van der Waals surface area contributed by atoms with E-state index in [0.29, 0.717) is 11.3 Å². The van der Waals surface area contributed by atoms with E-state index >= 15 is 0 Å². The van der Waals surface area contributed by atoms with Crippen LogP contribution in [0.2, 0.25) is 5.15 Å². The first-order valence-corrected chi connectivity index (χ1v) is 7.78. The van der Waals surface area contributed by atoms with Crippen LogP contribution in [-0.4, -0.2) is 26.7 Å². The molecule has 6 nitrogen and oxygen atoms in total. The van der Waals surface area contributed by atoms with Gasteiger partial charge in [-0.05, 0) is 19.3 Å². The molecule has 1 aromatic carbocycles. The molecule has 0 unspecified atom stereocenters.